The largest absolute Gasteiger partial charge is 0.395 e. The molecule has 0 aromatic rings. The lowest BCUT2D eigenvalue weighted by atomic mass is 9.92. The maximum Gasteiger partial charge on any atom is 0.0766 e. The number of aliphatic hydroxyl groups is 2. The van der Waals surface area contributed by atoms with Crippen LogP contribution in [0.4, 0.5) is 0 Å². The van der Waals surface area contributed by atoms with Crippen molar-refractivity contribution in [1.29, 1.82) is 0 Å². The average molecular weight is 203 g/mol. The van der Waals surface area contributed by atoms with Crippen molar-refractivity contribution in [3.63, 3.8) is 0 Å². The van der Waals surface area contributed by atoms with Crippen molar-refractivity contribution in [3.05, 3.63) is 0 Å². The second-order valence-electron chi connectivity index (χ2n) is 4.93. The third-order valence-electron chi connectivity index (χ3n) is 2.97. The lowest BCUT2D eigenvalue weighted by Gasteiger charge is -2.31. The van der Waals surface area contributed by atoms with Gasteiger partial charge in [0.05, 0.1) is 12.2 Å². The molecule has 0 aromatic heterocycles. The summed E-state index contributed by atoms with van der Waals surface area (Å²) < 4.78 is 0. The molecule has 14 heavy (non-hydrogen) atoms. The van der Waals surface area contributed by atoms with Gasteiger partial charge in [0.15, 0.2) is 0 Å². The predicted octanol–water partition coefficient (Wildman–Crippen LogP) is 1.000. The number of nitrogens with one attached hydrogen (secondary N) is 1. The Labute approximate surface area is 87.5 Å². The zero-order valence-corrected chi connectivity index (χ0v) is 10.0. The first-order valence-corrected chi connectivity index (χ1v) is 5.38. The summed E-state index contributed by atoms with van der Waals surface area (Å²) in [5.74, 6) is 0.587. The van der Waals surface area contributed by atoms with E-state index in [-0.39, 0.29) is 18.6 Å². The molecule has 0 spiro atoms. The predicted molar refractivity (Wildman–Crippen MR) is 59.2 cm³/mol. The maximum atomic E-state index is 9.97. The van der Waals surface area contributed by atoms with Gasteiger partial charge in [-0.1, -0.05) is 27.7 Å². The molecule has 0 fully saturated rings. The van der Waals surface area contributed by atoms with Crippen molar-refractivity contribution >= 4 is 0 Å². The highest BCUT2D eigenvalue weighted by Gasteiger charge is 2.26. The molecular formula is C11H25NO2. The minimum absolute atomic E-state index is 0.0697. The number of hydrogen-bond acceptors (Lipinski definition) is 3. The quantitative estimate of drug-likeness (QED) is 0.603. The molecule has 3 nitrogen and oxygen atoms in total. The number of aliphatic hydroxyl groups excluding tert-OH is 1. The van der Waals surface area contributed by atoms with Crippen molar-refractivity contribution < 1.29 is 10.2 Å². The molecule has 0 amide bonds. The van der Waals surface area contributed by atoms with Gasteiger partial charge in [-0.2, -0.15) is 0 Å². The third kappa shape index (κ3) is 4.40. The van der Waals surface area contributed by atoms with E-state index in [2.05, 4.69) is 19.2 Å². The van der Waals surface area contributed by atoms with Crippen LogP contribution in [0.15, 0.2) is 0 Å². The summed E-state index contributed by atoms with van der Waals surface area (Å²) in [7, 11) is 0. The Bertz CT molecular complexity index is 155. The van der Waals surface area contributed by atoms with Crippen LogP contribution in [-0.4, -0.2) is 35.0 Å². The van der Waals surface area contributed by atoms with Crippen molar-refractivity contribution in [2.75, 3.05) is 13.2 Å². The molecule has 0 radical (unpaired) electrons. The Morgan fingerprint density at radius 1 is 1.21 bits per heavy atom. The lowest BCUT2D eigenvalue weighted by molar-refractivity contribution is 0.00827. The average Bonchev–Trinajstić information content (AvgIpc) is 2.04. The number of rotatable bonds is 6. The minimum atomic E-state index is -0.706. The summed E-state index contributed by atoms with van der Waals surface area (Å²) in [5.41, 5.74) is -0.706. The molecule has 0 saturated carbocycles. The second kappa shape index (κ2) is 5.69. The Morgan fingerprint density at radius 2 is 1.71 bits per heavy atom. The fourth-order valence-corrected chi connectivity index (χ4v) is 1.05. The Kier molecular flexibility index (Phi) is 5.64. The summed E-state index contributed by atoms with van der Waals surface area (Å²) in [5, 5.41) is 22.3. The van der Waals surface area contributed by atoms with E-state index in [0.29, 0.717) is 12.5 Å². The zero-order chi connectivity index (χ0) is 11.4. The number of hydrogen-bond donors (Lipinski definition) is 3. The van der Waals surface area contributed by atoms with E-state index in [1.54, 1.807) is 0 Å². The Balaban J connectivity index is 4.02. The van der Waals surface area contributed by atoms with Crippen LogP contribution < -0.4 is 5.32 Å². The van der Waals surface area contributed by atoms with Crippen LogP contribution in [0.2, 0.25) is 0 Å². The smallest absolute Gasteiger partial charge is 0.0766 e. The third-order valence-corrected chi connectivity index (χ3v) is 2.97. The first kappa shape index (κ1) is 13.9. The monoisotopic (exact) mass is 203 g/mol. The highest BCUT2D eigenvalue weighted by molar-refractivity contribution is 4.81. The zero-order valence-electron chi connectivity index (χ0n) is 10.0. The van der Waals surface area contributed by atoms with Crippen LogP contribution in [0, 0.1) is 11.8 Å². The van der Waals surface area contributed by atoms with E-state index in [4.69, 9.17) is 5.11 Å². The van der Waals surface area contributed by atoms with Gasteiger partial charge in [-0.05, 0) is 18.8 Å². The van der Waals surface area contributed by atoms with Gasteiger partial charge >= 0.3 is 0 Å². The molecule has 0 rings (SSSR count). The summed E-state index contributed by atoms with van der Waals surface area (Å²) >= 11 is 0. The van der Waals surface area contributed by atoms with Gasteiger partial charge in [0.2, 0.25) is 0 Å². The Morgan fingerprint density at radius 3 is 2.00 bits per heavy atom. The van der Waals surface area contributed by atoms with Gasteiger partial charge < -0.3 is 15.5 Å². The topological polar surface area (TPSA) is 52.5 Å². The van der Waals surface area contributed by atoms with E-state index in [1.807, 2.05) is 20.8 Å². The van der Waals surface area contributed by atoms with Gasteiger partial charge in [-0.15, -0.1) is 0 Å². The van der Waals surface area contributed by atoms with Crippen LogP contribution in [0.5, 0.6) is 0 Å². The normalized spacial score (nSPS) is 18.6. The van der Waals surface area contributed by atoms with E-state index in [1.165, 1.54) is 0 Å². The van der Waals surface area contributed by atoms with Crippen molar-refractivity contribution in [2.24, 2.45) is 11.8 Å². The van der Waals surface area contributed by atoms with Crippen LogP contribution in [0.25, 0.3) is 0 Å². The first-order chi connectivity index (χ1) is 6.31. The summed E-state index contributed by atoms with van der Waals surface area (Å²) in [6, 6.07) is 0.0697. The minimum Gasteiger partial charge on any atom is -0.395 e. The molecule has 0 aliphatic rings. The standard InChI is InChI=1S/C11H25NO2/c1-8(2)10(6-13)12-7-11(5,14)9(3)4/h8-10,12-14H,6-7H2,1-5H3/t10-,11?/m1/s1. The highest BCUT2D eigenvalue weighted by Crippen LogP contribution is 2.15. The van der Waals surface area contributed by atoms with Gasteiger partial charge in [-0.3, -0.25) is 0 Å². The molecule has 3 heteroatoms. The second-order valence-corrected chi connectivity index (χ2v) is 4.93. The summed E-state index contributed by atoms with van der Waals surface area (Å²) in [6.07, 6.45) is 0. The lowest BCUT2D eigenvalue weighted by Crippen LogP contribution is -2.48. The molecule has 0 aliphatic carbocycles. The Hall–Kier alpha value is -0.120. The molecule has 0 heterocycles. The molecule has 1 unspecified atom stereocenters. The van der Waals surface area contributed by atoms with Crippen LogP contribution in [-0.2, 0) is 0 Å². The summed E-state index contributed by atoms with van der Waals surface area (Å²) in [4.78, 5) is 0. The first-order valence-electron chi connectivity index (χ1n) is 5.38. The van der Waals surface area contributed by atoms with E-state index in [9.17, 15) is 5.11 Å². The molecule has 86 valence electrons. The van der Waals surface area contributed by atoms with Gasteiger partial charge in [0.25, 0.3) is 0 Å². The van der Waals surface area contributed by atoms with Crippen LogP contribution in [0.1, 0.15) is 34.6 Å². The highest BCUT2D eigenvalue weighted by atomic mass is 16.3. The van der Waals surface area contributed by atoms with Crippen LogP contribution in [0.3, 0.4) is 0 Å². The SMILES string of the molecule is CC(C)[C@@H](CO)NCC(C)(O)C(C)C. The van der Waals surface area contributed by atoms with E-state index >= 15 is 0 Å². The molecule has 3 N–H and O–H groups in total. The molecule has 0 aliphatic heterocycles. The van der Waals surface area contributed by atoms with Crippen molar-refractivity contribution in [1.82, 2.24) is 5.32 Å². The molecule has 2 atom stereocenters. The van der Waals surface area contributed by atoms with Gasteiger partial charge in [0, 0.05) is 12.6 Å². The maximum absolute atomic E-state index is 9.97. The molecular weight excluding hydrogens is 178 g/mol. The van der Waals surface area contributed by atoms with Gasteiger partial charge in [-0.25, -0.2) is 0 Å². The molecule has 0 bridgehead atoms. The van der Waals surface area contributed by atoms with Crippen molar-refractivity contribution in [2.45, 2.75) is 46.3 Å². The molecule has 0 aromatic carbocycles. The fourth-order valence-electron chi connectivity index (χ4n) is 1.05. The van der Waals surface area contributed by atoms with Crippen molar-refractivity contribution in [3.8, 4) is 0 Å². The fraction of sp³-hybridized carbons (Fsp3) is 1.00. The van der Waals surface area contributed by atoms with Gasteiger partial charge in [0.1, 0.15) is 0 Å². The van der Waals surface area contributed by atoms with Crippen LogP contribution >= 0.6 is 0 Å². The molecule has 0 saturated heterocycles. The van der Waals surface area contributed by atoms with E-state index in [0.717, 1.165) is 0 Å². The summed E-state index contributed by atoms with van der Waals surface area (Å²) in [6.45, 7) is 10.5. The van der Waals surface area contributed by atoms with E-state index < -0.39 is 5.60 Å².